The molecule has 0 aliphatic heterocycles. The summed E-state index contributed by atoms with van der Waals surface area (Å²) in [6, 6.07) is 3.86. The molecule has 0 radical (unpaired) electrons. The predicted octanol–water partition coefficient (Wildman–Crippen LogP) is 1.25. The summed E-state index contributed by atoms with van der Waals surface area (Å²) in [4.78, 5) is 31.5. The number of halogens is 2. The minimum atomic E-state index is -0.853. The van der Waals surface area contributed by atoms with E-state index in [2.05, 4.69) is 20.6 Å². The Hall–Kier alpha value is -2.78. The zero-order valence-electron chi connectivity index (χ0n) is 15.1. The molecule has 1 unspecified atom stereocenters. The Morgan fingerprint density at radius 3 is 2.75 bits per heavy atom. The van der Waals surface area contributed by atoms with Gasteiger partial charge in [0.05, 0.1) is 23.0 Å². The lowest BCUT2D eigenvalue weighted by Crippen LogP contribution is -2.36. The molecule has 8 nitrogen and oxygen atoms in total. The van der Waals surface area contributed by atoms with Crippen LogP contribution < -0.4 is 15.4 Å². The second-order valence-electron chi connectivity index (χ2n) is 5.91. The van der Waals surface area contributed by atoms with Crippen LogP contribution >= 0.6 is 11.6 Å². The van der Waals surface area contributed by atoms with Crippen molar-refractivity contribution in [3.05, 3.63) is 52.8 Å². The molecule has 0 fully saturated rings. The van der Waals surface area contributed by atoms with E-state index in [9.17, 15) is 19.1 Å². The van der Waals surface area contributed by atoms with Crippen molar-refractivity contribution < 1.29 is 23.8 Å². The highest BCUT2D eigenvalue weighted by Gasteiger charge is 2.11. The minimum Gasteiger partial charge on any atom is -0.484 e. The maximum absolute atomic E-state index is 13.3. The van der Waals surface area contributed by atoms with Crippen LogP contribution in [0.2, 0.25) is 5.02 Å². The number of aliphatic hydroxyl groups is 1. The van der Waals surface area contributed by atoms with E-state index in [1.807, 2.05) is 0 Å². The molecule has 0 aliphatic carbocycles. The average Bonchev–Trinajstić information content (AvgIpc) is 2.67. The lowest BCUT2D eigenvalue weighted by molar-refractivity contribution is -0.123. The van der Waals surface area contributed by atoms with E-state index in [1.165, 1.54) is 24.5 Å². The van der Waals surface area contributed by atoms with Crippen molar-refractivity contribution in [1.82, 2.24) is 20.6 Å². The third-order valence-electron chi connectivity index (χ3n) is 3.57. The minimum absolute atomic E-state index is 0.00477. The maximum atomic E-state index is 13.3. The number of aliphatic hydroxyl groups excluding tert-OH is 1. The van der Waals surface area contributed by atoms with E-state index in [0.29, 0.717) is 5.69 Å². The molecule has 1 aromatic carbocycles. The lowest BCUT2D eigenvalue weighted by atomic mass is 10.2. The van der Waals surface area contributed by atoms with Crippen LogP contribution in [0.15, 0.2) is 30.6 Å². The van der Waals surface area contributed by atoms with Gasteiger partial charge in [-0.2, -0.15) is 0 Å². The van der Waals surface area contributed by atoms with Gasteiger partial charge in [-0.3, -0.25) is 14.6 Å². The van der Waals surface area contributed by atoms with Crippen LogP contribution in [0, 0.1) is 12.7 Å². The van der Waals surface area contributed by atoms with E-state index >= 15 is 0 Å². The number of nitrogens with zero attached hydrogens (tertiary/aromatic N) is 2. The summed E-state index contributed by atoms with van der Waals surface area (Å²) in [5, 5.41) is 14.9. The molecule has 1 heterocycles. The first-order chi connectivity index (χ1) is 13.3. The maximum Gasteiger partial charge on any atom is 0.271 e. The molecule has 3 N–H and O–H groups in total. The number of hydrogen-bond donors (Lipinski definition) is 3. The molecule has 0 aliphatic rings. The van der Waals surface area contributed by atoms with Crippen molar-refractivity contribution in [1.29, 1.82) is 0 Å². The fraction of sp³-hybridized carbons (Fsp3) is 0.333. The van der Waals surface area contributed by atoms with E-state index in [-0.39, 0.29) is 42.6 Å². The van der Waals surface area contributed by atoms with E-state index < -0.39 is 23.7 Å². The molecule has 150 valence electrons. The van der Waals surface area contributed by atoms with Crippen molar-refractivity contribution in [2.75, 3.05) is 19.7 Å². The van der Waals surface area contributed by atoms with E-state index in [0.717, 1.165) is 6.07 Å². The first-order valence-corrected chi connectivity index (χ1v) is 8.82. The van der Waals surface area contributed by atoms with Gasteiger partial charge in [-0.1, -0.05) is 11.6 Å². The van der Waals surface area contributed by atoms with Gasteiger partial charge in [-0.05, 0) is 25.5 Å². The quantitative estimate of drug-likeness (QED) is 0.573. The van der Waals surface area contributed by atoms with Gasteiger partial charge in [-0.25, -0.2) is 9.37 Å². The Labute approximate surface area is 166 Å². The summed E-state index contributed by atoms with van der Waals surface area (Å²) in [6.45, 7) is 1.63. The van der Waals surface area contributed by atoms with Crippen LogP contribution in [-0.2, 0) is 4.79 Å². The fourth-order valence-electron chi connectivity index (χ4n) is 2.06. The third kappa shape index (κ3) is 7.09. The number of carbonyl (C=O) groups excluding carboxylic acids is 2. The third-order valence-corrected chi connectivity index (χ3v) is 3.88. The zero-order chi connectivity index (χ0) is 20.5. The Morgan fingerprint density at radius 2 is 2.07 bits per heavy atom. The van der Waals surface area contributed by atoms with Crippen molar-refractivity contribution >= 4 is 23.4 Å². The van der Waals surface area contributed by atoms with Crippen LogP contribution in [0.3, 0.4) is 0 Å². The summed E-state index contributed by atoms with van der Waals surface area (Å²) in [5.74, 6) is -1.33. The molecule has 0 saturated carbocycles. The molecule has 1 aromatic heterocycles. The van der Waals surface area contributed by atoms with Crippen LogP contribution in [0.4, 0.5) is 4.39 Å². The Morgan fingerprint density at radius 1 is 1.29 bits per heavy atom. The molecule has 0 saturated heterocycles. The molecule has 10 heteroatoms. The first-order valence-electron chi connectivity index (χ1n) is 8.44. The lowest BCUT2D eigenvalue weighted by Gasteiger charge is -2.12. The van der Waals surface area contributed by atoms with Crippen LogP contribution in [0.25, 0.3) is 0 Å². The molecular weight excluding hydrogens is 391 g/mol. The highest BCUT2D eigenvalue weighted by Crippen LogP contribution is 2.20. The summed E-state index contributed by atoms with van der Waals surface area (Å²) < 4.78 is 18.4. The van der Waals surface area contributed by atoms with Gasteiger partial charge in [0.15, 0.2) is 6.61 Å². The fourth-order valence-corrected chi connectivity index (χ4v) is 2.18. The average molecular weight is 411 g/mol. The molecule has 28 heavy (non-hydrogen) atoms. The molecule has 1 atom stereocenters. The van der Waals surface area contributed by atoms with Crippen molar-refractivity contribution in [2.24, 2.45) is 0 Å². The normalized spacial score (nSPS) is 11.6. The van der Waals surface area contributed by atoms with Crippen molar-refractivity contribution in [2.45, 2.75) is 19.4 Å². The van der Waals surface area contributed by atoms with Gasteiger partial charge in [0.2, 0.25) is 0 Å². The second kappa shape index (κ2) is 10.5. The summed E-state index contributed by atoms with van der Waals surface area (Å²) >= 11 is 5.56. The van der Waals surface area contributed by atoms with Crippen LogP contribution in [0.5, 0.6) is 5.75 Å². The monoisotopic (exact) mass is 410 g/mol. The van der Waals surface area contributed by atoms with Gasteiger partial charge in [0.1, 0.15) is 17.3 Å². The highest BCUT2D eigenvalue weighted by atomic mass is 35.5. The topological polar surface area (TPSA) is 113 Å². The Balaban J connectivity index is 1.62. The van der Waals surface area contributed by atoms with Gasteiger partial charge in [0, 0.05) is 25.4 Å². The number of amides is 2. The second-order valence-corrected chi connectivity index (χ2v) is 6.32. The van der Waals surface area contributed by atoms with Crippen molar-refractivity contribution in [3.8, 4) is 5.75 Å². The number of aromatic nitrogens is 2. The molecule has 0 spiro atoms. The van der Waals surface area contributed by atoms with E-state index in [1.54, 1.807) is 6.92 Å². The Kier molecular flexibility index (Phi) is 8.09. The first kappa shape index (κ1) is 21.5. The summed E-state index contributed by atoms with van der Waals surface area (Å²) in [5.41, 5.74) is 0.847. The molecule has 2 amide bonds. The number of rotatable bonds is 9. The Bertz CT molecular complexity index is 820. The number of benzene rings is 1. The predicted molar refractivity (Wildman–Crippen MR) is 99.6 cm³/mol. The van der Waals surface area contributed by atoms with Gasteiger partial charge in [-0.15, -0.1) is 0 Å². The number of aryl methyl sites for hydroxylation is 1. The number of hydrogen-bond acceptors (Lipinski definition) is 6. The largest absolute Gasteiger partial charge is 0.484 e. The smallest absolute Gasteiger partial charge is 0.271 e. The summed E-state index contributed by atoms with van der Waals surface area (Å²) in [6.07, 6.45) is 2.20. The highest BCUT2D eigenvalue weighted by molar-refractivity contribution is 6.30. The summed E-state index contributed by atoms with van der Waals surface area (Å²) in [7, 11) is 0. The van der Waals surface area contributed by atoms with E-state index in [4.69, 9.17) is 16.3 Å². The van der Waals surface area contributed by atoms with Crippen LogP contribution in [0.1, 0.15) is 22.6 Å². The zero-order valence-corrected chi connectivity index (χ0v) is 15.9. The molecule has 2 rings (SSSR count). The SMILES string of the molecule is Cc1cnc(C(=O)NCC(O)CCNC(=O)COc2ccc(Cl)c(F)c2)cn1. The van der Waals surface area contributed by atoms with Gasteiger partial charge < -0.3 is 20.5 Å². The van der Waals surface area contributed by atoms with Crippen LogP contribution in [-0.4, -0.2) is 52.7 Å². The molecule has 0 bridgehead atoms. The van der Waals surface area contributed by atoms with Gasteiger partial charge in [0.25, 0.3) is 11.8 Å². The van der Waals surface area contributed by atoms with Crippen molar-refractivity contribution in [3.63, 3.8) is 0 Å². The number of nitrogens with one attached hydrogen (secondary N) is 2. The van der Waals surface area contributed by atoms with Gasteiger partial charge >= 0.3 is 0 Å². The standard InChI is InChI=1S/C18H20ClFN4O4/c1-11-7-23-16(9-22-11)18(27)24-8-12(25)4-5-21-17(26)10-28-13-2-3-14(19)15(20)6-13/h2-3,6-7,9,12,25H,4-5,8,10H2,1H3,(H,21,26)(H,24,27). The molecule has 2 aromatic rings. The number of carbonyl (C=O) groups is 2. The molecular formula is C18H20ClFN4O4. The number of ether oxygens (including phenoxy) is 1.